The average molecular weight is 488 g/mol. The zero-order valence-electron chi connectivity index (χ0n) is 17.7. The van der Waals surface area contributed by atoms with E-state index in [0.29, 0.717) is 0 Å². The van der Waals surface area contributed by atoms with Gasteiger partial charge in [-0.25, -0.2) is 0 Å². The van der Waals surface area contributed by atoms with Crippen molar-refractivity contribution in [2.75, 3.05) is 26.9 Å². The lowest BCUT2D eigenvalue weighted by molar-refractivity contribution is -0.362. The smallest absolute Gasteiger partial charge is 0.187 e. The van der Waals surface area contributed by atoms with Gasteiger partial charge in [0.1, 0.15) is 67.1 Å². The first-order valence-corrected chi connectivity index (χ1v) is 10.4. The Morgan fingerprint density at radius 1 is 0.697 bits per heavy atom. The Morgan fingerprint density at radius 3 is 1.97 bits per heavy atom. The van der Waals surface area contributed by atoms with Crippen LogP contribution in [0.2, 0.25) is 0 Å². The third-order valence-corrected chi connectivity index (χ3v) is 5.89. The van der Waals surface area contributed by atoms with Crippen LogP contribution in [0, 0.1) is 0 Å². The molecule has 14 unspecified atom stereocenters. The SMILES string of the molecule is COC1OC(COC2OCC(O)C(O)C2O)C(O)C(OC2OC(CO)C(O)C(O)C2O)C1O. The number of hydrogen-bond acceptors (Lipinski definition) is 15. The number of hydrogen-bond donors (Lipinski definition) is 9. The Balaban J connectivity index is 1.67. The van der Waals surface area contributed by atoms with Crippen LogP contribution < -0.4 is 0 Å². The molecular weight excluding hydrogens is 456 g/mol. The van der Waals surface area contributed by atoms with E-state index >= 15 is 0 Å². The minimum Gasteiger partial charge on any atom is -0.394 e. The van der Waals surface area contributed by atoms with E-state index in [2.05, 4.69) is 0 Å². The molecule has 9 N–H and O–H groups in total. The summed E-state index contributed by atoms with van der Waals surface area (Å²) in [5, 5.41) is 89.8. The summed E-state index contributed by atoms with van der Waals surface area (Å²) >= 11 is 0. The van der Waals surface area contributed by atoms with Gasteiger partial charge in [0.25, 0.3) is 0 Å². The number of aliphatic hydroxyl groups is 9. The second kappa shape index (κ2) is 11.4. The topological polar surface area (TPSA) is 237 Å². The van der Waals surface area contributed by atoms with Crippen molar-refractivity contribution in [1.29, 1.82) is 0 Å². The summed E-state index contributed by atoms with van der Waals surface area (Å²) in [4.78, 5) is 0. The van der Waals surface area contributed by atoms with Crippen LogP contribution in [0.25, 0.3) is 0 Å². The van der Waals surface area contributed by atoms with E-state index in [1.807, 2.05) is 0 Å². The van der Waals surface area contributed by atoms with Gasteiger partial charge < -0.3 is 74.4 Å². The van der Waals surface area contributed by atoms with E-state index in [1.165, 1.54) is 7.11 Å². The van der Waals surface area contributed by atoms with Crippen LogP contribution >= 0.6 is 0 Å². The van der Waals surface area contributed by atoms with Crippen LogP contribution in [0.1, 0.15) is 0 Å². The molecule has 15 heteroatoms. The third-order valence-electron chi connectivity index (χ3n) is 5.89. The predicted octanol–water partition coefficient (Wildman–Crippen LogP) is -6.28. The number of ether oxygens (including phenoxy) is 6. The van der Waals surface area contributed by atoms with Gasteiger partial charge in [0.15, 0.2) is 18.9 Å². The minimum absolute atomic E-state index is 0.306. The summed E-state index contributed by atoms with van der Waals surface area (Å²) in [7, 11) is 1.21. The van der Waals surface area contributed by atoms with Crippen molar-refractivity contribution < 1.29 is 74.4 Å². The second-order valence-corrected chi connectivity index (χ2v) is 8.14. The Morgan fingerprint density at radius 2 is 1.33 bits per heavy atom. The van der Waals surface area contributed by atoms with Crippen LogP contribution in [-0.4, -0.2) is 159 Å². The number of rotatable bonds is 7. The van der Waals surface area contributed by atoms with Gasteiger partial charge >= 0.3 is 0 Å². The van der Waals surface area contributed by atoms with Crippen molar-refractivity contribution in [1.82, 2.24) is 0 Å². The largest absolute Gasteiger partial charge is 0.394 e. The first kappa shape index (κ1) is 27.0. The molecular formula is C18H32O15. The molecule has 3 rings (SSSR count). The first-order chi connectivity index (χ1) is 15.6. The van der Waals surface area contributed by atoms with E-state index in [-0.39, 0.29) is 6.61 Å². The van der Waals surface area contributed by atoms with Crippen LogP contribution in [0.3, 0.4) is 0 Å². The zero-order chi connectivity index (χ0) is 24.4. The normalized spacial score (nSPS) is 51.5. The fourth-order valence-electron chi connectivity index (χ4n) is 3.85. The standard InChI is InChI=1S/C18H32O15/c1-28-16-14(27)15(33-18-13(26)11(24)9(22)6(2-19)31-18)10(23)7(32-16)4-30-17-12(25)8(21)5(20)3-29-17/h5-27H,2-4H2,1H3. The number of methoxy groups -OCH3 is 1. The molecule has 3 heterocycles. The summed E-state index contributed by atoms with van der Waals surface area (Å²) in [6, 6.07) is 0. The molecule has 3 aliphatic heterocycles. The molecule has 0 spiro atoms. The molecule has 0 aliphatic carbocycles. The lowest BCUT2D eigenvalue weighted by Gasteiger charge is -2.46. The third kappa shape index (κ3) is 5.64. The molecule has 3 aliphatic rings. The molecule has 0 radical (unpaired) electrons. The number of aliphatic hydroxyl groups excluding tert-OH is 9. The second-order valence-electron chi connectivity index (χ2n) is 8.14. The Kier molecular flexibility index (Phi) is 9.35. The van der Waals surface area contributed by atoms with Gasteiger partial charge in [0.2, 0.25) is 0 Å². The van der Waals surface area contributed by atoms with Crippen LogP contribution in [0.15, 0.2) is 0 Å². The van der Waals surface area contributed by atoms with E-state index in [0.717, 1.165) is 0 Å². The first-order valence-electron chi connectivity index (χ1n) is 10.4. The average Bonchev–Trinajstić information content (AvgIpc) is 2.80. The molecule has 194 valence electrons. The van der Waals surface area contributed by atoms with Crippen molar-refractivity contribution >= 4 is 0 Å². The highest BCUT2D eigenvalue weighted by Crippen LogP contribution is 2.30. The fraction of sp³-hybridized carbons (Fsp3) is 1.00. The van der Waals surface area contributed by atoms with Crippen molar-refractivity contribution in [3.05, 3.63) is 0 Å². The van der Waals surface area contributed by atoms with E-state index in [9.17, 15) is 46.0 Å². The summed E-state index contributed by atoms with van der Waals surface area (Å²) in [6.45, 7) is -1.45. The maximum Gasteiger partial charge on any atom is 0.187 e. The highest BCUT2D eigenvalue weighted by molar-refractivity contribution is 4.94. The minimum atomic E-state index is -1.78. The summed E-state index contributed by atoms with van der Waals surface area (Å²) in [5.41, 5.74) is 0. The quantitative estimate of drug-likeness (QED) is 0.162. The van der Waals surface area contributed by atoms with Gasteiger partial charge in [-0.2, -0.15) is 0 Å². The molecule has 3 fully saturated rings. The van der Waals surface area contributed by atoms with E-state index in [1.54, 1.807) is 0 Å². The fourth-order valence-corrected chi connectivity index (χ4v) is 3.85. The lowest BCUT2D eigenvalue weighted by Crippen LogP contribution is -2.65. The molecule has 33 heavy (non-hydrogen) atoms. The Labute approximate surface area is 188 Å². The molecule has 0 bridgehead atoms. The van der Waals surface area contributed by atoms with E-state index < -0.39 is 99.2 Å². The van der Waals surface area contributed by atoms with Crippen molar-refractivity contribution in [2.24, 2.45) is 0 Å². The maximum atomic E-state index is 10.7. The van der Waals surface area contributed by atoms with Gasteiger partial charge in [-0.05, 0) is 0 Å². The van der Waals surface area contributed by atoms with Crippen LogP contribution in [0.4, 0.5) is 0 Å². The highest BCUT2D eigenvalue weighted by atomic mass is 16.7. The predicted molar refractivity (Wildman–Crippen MR) is 100 cm³/mol. The van der Waals surface area contributed by atoms with Crippen molar-refractivity contribution in [3.8, 4) is 0 Å². The zero-order valence-corrected chi connectivity index (χ0v) is 17.7. The summed E-state index contributed by atoms with van der Waals surface area (Å²) in [5.74, 6) is 0. The monoisotopic (exact) mass is 488 g/mol. The molecule has 15 nitrogen and oxygen atoms in total. The molecule has 3 saturated heterocycles. The molecule has 14 atom stereocenters. The van der Waals surface area contributed by atoms with Crippen LogP contribution in [0.5, 0.6) is 0 Å². The molecule has 0 saturated carbocycles. The maximum absolute atomic E-state index is 10.7. The molecule has 0 aromatic heterocycles. The van der Waals surface area contributed by atoms with Gasteiger partial charge in [-0.1, -0.05) is 0 Å². The molecule has 0 aromatic rings. The van der Waals surface area contributed by atoms with Gasteiger partial charge in [0, 0.05) is 7.11 Å². The highest BCUT2D eigenvalue weighted by Gasteiger charge is 2.51. The van der Waals surface area contributed by atoms with Crippen molar-refractivity contribution in [2.45, 2.75) is 86.0 Å². The van der Waals surface area contributed by atoms with E-state index in [4.69, 9.17) is 28.4 Å². The lowest BCUT2D eigenvalue weighted by atomic mass is 9.97. The summed E-state index contributed by atoms with van der Waals surface area (Å²) < 4.78 is 31.7. The van der Waals surface area contributed by atoms with Gasteiger partial charge in [-0.3, -0.25) is 0 Å². The van der Waals surface area contributed by atoms with Crippen molar-refractivity contribution in [3.63, 3.8) is 0 Å². The van der Waals surface area contributed by atoms with Crippen LogP contribution in [-0.2, 0) is 28.4 Å². The Hall–Kier alpha value is -0.600. The summed E-state index contributed by atoms with van der Waals surface area (Å²) in [6.07, 6.45) is -21.1. The van der Waals surface area contributed by atoms with Gasteiger partial charge in [-0.15, -0.1) is 0 Å². The molecule has 0 aromatic carbocycles. The Bertz CT molecular complexity index is 609. The molecule has 0 amide bonds. The van der Waals surface area contributed by atoms with Gasteiger partial charge in [0.05, 0.1) is 19.8 Å².